The van der Waals surface area contributed by atoms with Crippen molar-refractivity contribution in [2.75, 3.05) is 6.61 Å². The average Bonchev–Trinajstić information content (AvgIpc) is 2.50. The zero-order valence-electron chi connectivity index (χ0n) is 13.6. The van der Waals surface area contributed by atoms with Gasteiger partial charge in [0.1, 0.15) is 0 Å². The second kappa shape index (κ2) is 6.32. The molecule has 4 fully saturated rings. The first-order valence-electron chi connectivity index (χ1n) is 8.75. The summed E-state index contributed by atoms with van der Waals surface area (Å²) in [6.07, 6.45) is 7.35. The molecule has 4 aliphatic rings. The Morgan fingerprint density at radius 2 is 1.75 bits per heavy atom. The molecule has 0 radical (unpaired) electrons. The summed E-state index contributed by atoms with van der Waals surface area (Å²) in [6.45, 7) is -0.188. The van der Waals surface area contributed by atoms with Crippen molar-refractivity contribution >= 4 is 34.5 Å². The van der Waals surface area contributed by atoms with Gasteiger partial charge in [-0.25, -0.2) is 4.79 Å². The highest BCUT2D eigenvalue weighted by atomic mass is 127. The van der Waals surface area contributed by atoms with Gasteiger partial charge >= 0.3 is 5.97 Å². The number of nitrogens with one attached hydrogen (secondary N) is 1. The zero-order chi connectivity index (χ0) is 16.7. The molecule has 0 atom stereocenters. The minimum atomic E-state index is -0.436. The Bertz CT molecular complexity index is 637. The van der Waals surface area contributed by atoms with Gasteiger partial charge in [0.15, 0.2) is 6.61 Å². The fourth-order valence-corrected chi connectivity index (χ4v) is 5.97. The maximum atomic E-state index is 12.3. The van der Waals surface area contributed by atoms with Crippen molar-refractivity contribution in [3.05, 3.63) is 33.4 Å². The number of benzene rings is 1. The molecule has 4 bridgehead atoms. The van der Waals surface area contributed by atoms with Gasteiger partial charge in [-0.1, -0.05) is 6.07 Å². The molecule has 0 unspecified atom stereocenters. The number of rotatable bonds is 4. The lowest BCUT2D eigenvalue weighted by Gasteiger charge is -2.56. The van der Waals surface area contributed by atoms with Gasteiger partial charge in [0.05, 0.1) is 5.56 Å². The van der Waals surface area contributed by atoms with E-state index in [-0.39, 0.29) is 18.1 Å². The lowest BCUT2D eigenvalue weighted by molar-refractivity contribution is -0.130. The van der Waals surface area contributed by atoms with Crippen LogP contribution in [0.25, 0.3) is 0 Å². The van der Waals surface area contributed by atoms with Crippen molar-refractivity contribution in [1.82, 2.24) is 5.32 Å². The van der Waals surface area contributed by atoms with Gasteiger partial charge in [0.25, 0.3) is 5.91 Å². The lowest BCUT2D eigenvalue weighted by atomic mass is 9.53. The molecule has 1 amide bonds. The first kappa shape index (κ1) is 16.4. The smallest absolute Gasteiger partial charge is 0.338 e. The maximum absolute atomic E-state index is 12.3. The molecule has 4 saturated carbocycles. The summed E-state index contributed by atoms with van der Waals surface area (Å²) in [6, 6.07) is 7.20. The maximum Gasteiger partial charge on any atom is 0.338 e. The summed E-state index contributed by atoms with van der Waals surface area (Å²) in [5.41, 5.74) is 0.463. The summed E-state index contributed by atoms with van der Waals surface area (Å²) in [5.74, 6) is 1.76. The number of ether oxygens (including phenoxy) is 1. The SMILES string of the molecule is O=C(COC(=O)c1cccc(I)c1)NC12CC3CC(CC(C3)C1)C2. The van der Waals surface area contributed by atoms with Crippen LogP contribution in [0.5, 0.6) is 0 Å². The predicted octanol–water partition coefficient (Wildman–Crippen LogP) is 3.53. The largest absolute Gasteiger partial charge is 0.452 e. The van der Waals surface area contributed by atoms with E-state index < -0.39 is 5.97 Å². The van der Waals surface area contributed by atoms with Crippen LogP contribution in [0.3, 0.4) is 0 Å². The molecule has 0 spiro atoms. The summed E-state index contributed by atoms with van der Waals surface area (Å²) in [5, 5.41) is 3.23. The quantitative estimate of drug-likeness (QED) is 0.577. The number of hydrogen-bond donors (Lipinski definition) is 1. The van der Waals surface area contributed by atoms with E-state index in [2.05, 4.69) is 27.9 Å². The van der Waals surface area contributed by atoms with Crippen molar-refractivity contribution < 1.29 is 14.3 Å². The molecule has 0 aliphatic heterocycles. The van der Waals surface area contributed by atoms with E-state index in [1.165, 1.54) is 19.3 Å². The number of amides is 1. The molecular formula is C19H22INO3. The Morgan fingerprint density at radius 3 is 2.33 bits per heavy atom. The lowest BCUT2D eigenvalue weighted by Crippen LogP contribution is -2.60. The molecule has 1 N–H and O–H groups in total. The first-order chi connectivity index (χ1) is 11.5. The van der Waals surface area contributed by atoms with Crippen LogP contribution < -0.4 is 5.32 Å². The summed E-state index contributed by atoms with van der Waals surface area (Å²) in [7, 11) is 0. The molecule has 5 heteroatoms. The Balaban J connectivity index is 1.33. The minimum Gasteiger partial charge on any atom is -0.452 e. The molecule has 0 aromatic heterocycles. The van der Waals surface area contributed by atoms with Gasteiger partial charge < -0.3 is 10.1 Å². The van der Waals surface area contributed by atoms with Gasteiger partial charge in [-0.15, -0.1) is 0 Å². The van der Waals surface area contributed by atoms with E-state index in [0.29, 0.717) is 5.56 Å². The summed E-state index contributed by atoms with van der Waals surface area (Å²) in [4.78, 5) is 24.4. The Morgan fingerprint density at radius 1 is 1.12 bits per heavy atom. The van der Waals surface area contributed by atoms with E-state index in [1.54, 1.807) is 12.1 Å². The number of halogens is 1. The highest BCUT2D eigenvalue weighted by Crippen LogP contribution is 2.55. The Hall–Kier alpha value is -1.11. The van der Waals surface area contributed by atoms with E-state index >= 15 is 0 Å². The number of carbonyl (C=O) groups is 2. The van der Waals surface area contributed by atoms with Crippen LogP contribution in [0.2, 0.25) is 0 Å². The normalized spacial score (nSPS) is 33.3. The standard InChI is InChI=1S/C19H22INO3/c20-16-3-1-2-15(7-16)18(23)24-11-17(22)21-19-8-12-4-13(9-19)6-14(5-12)10-19/h1-3,7,12-14H,4-6,8-11H2,(H,21,22). The van der Waals surface area contributed by atoms with Gasteiger partial charge in [0, 0.05) is 9.11 Å². The molecule has 0 saturated heterocycles. The fourth-order valence-electron chi connectivity index (χ4n) is 5.43. The molecule has 24 heavy (non-hydrogen) atoms. The molecule has 4 aliphatic carbocycles. The van der Waals surface area contributed by atoms with Gasteiger partial charge in [-0.3, -0.25) is 4.79 Å². The molecular weight excluding hydrogens is 417 g/mol. The third-order valence-corrected chi connectivity index (χ3v) is 6.51. The fraction of sp³-hybridized carbons (Fsp3) is 0.579. The Kier molecular flexibility index (Phi) is 4.31. The van der Waals surface area contributed by atoms with Crippen LogP contribution in [-0.2, 0) is 9.53 Å². The van der Waals surface area contributed by atoms with E-state index in [9.17, 15) is 9.59 Å². The van der Waals surface area contributed by atoms with E-state index in [0.717, 1.165) is 40.6 Å². The molecule has 1 aromatic rings. The number of esters is 1. The van der Waals surface area contributed by atoms with Crippen molar-refractivity contribution in [3.8, 4) is 0 Å². The molecule has 128 valence electrons. The van der Waals surface area contributed by atoms with Crippen molar-refractivity contribution in [3.63, 3.8) is 0 Å². The summed E-state index contributed by atoms with van der Waals surface area (Å²) >= 11 is 2.15. The van der Waals surface area contributed by atoms with Crippen LogP contribution in [0.4, 0.5) is 0 Å². The van der Waals surface area contributed by atoms with Crippen molar-refractivity contribution in [2.24, 2.45) is 17.8 Å². The predicted molar refractivity (Wildman–Crippen MR) is 98.5 cm³/mol. The second-order valence-corrected chi connectivity index (χ2v) is 9.08. The number of carbonyl (C=O) groups excluding carboxylic acids is 2. The first-order valence-corrected chi connectivity index (χ1v) is 9.83. The monoisotopic (exact) mass is 439 g/mol. The summed E-state index contributed by atoms with van der Waals surface area (Å²) < 4.78 is 6.18. The van der Waals surface area contributed by atoms with Crippen LogP contribution in [0.1, 0.15) is 48.9 Å². The van der Waals surface area contributed by atoms with Gasteiger partial charge in [-0.2, -0.15) is 0 Å². The molecule has 5 rings (SSSR count). The average molecular weight is 439 g/mol. The third-order valence-electron chi connectivity index (χ3n) is 5.84. The van der Waals surface area contributed by atoms with Crippen LogP contribution in [0.15, 0.2) is 24.3 Å². The van der Waals surface area contributed by atoms with E-state index in [1.807, 2.05) is 12.1 Å². The van der Waals surface area contributed by atoms with E-state index in [4.69, 9.17) is 4.74 Å². The molecule has 0 heterocycles. The topological polar surface area (TPSA) is 55.4 Å². The van der Waals surface area contributed by atoms with Gasteiger partial charge in [0.2, 0.25) is 0 Å². The van der Waals surface area contributed by atoms with Crippen molar-refractivity contribution in [1.29, 1.82) is 0 Å². The highest BCUT2D eigenvalue weighted by molar-refractivity contribution is 14.1. The van der Waals surface area contributed by atoms with Gasteiger partial charge in [-0.05, 0) is 97.1 Å². The van der Waals surface area contributed by atoms with Crippen LogP contribution >= 0.6 is 22.6 Å². The van der Waals surface area contributed by atoms with Crippen molar-refractivity contribution in [2.45, 2.75) is 44.1 Å². The minimum absolute atomic E-state index is 0.0274. The van der Waals surface area contributed by atoms with Crippen LogP contribution in [0, 0.1) is 21.3 Å². The Labute approximate surface area is 155 Å². The second-order valence-electron chi connectivity index (χ2n) is 7.83. The molecule has 4 nitrogen and oxygen atoms in total. The molecule has 1 aromatic carbocycles. The van der Waals surface area contributed by atoms with Crippen LogP contribution in [-0.4, -0.2) is 24.0 Å². The highest BCUT2D eigenvalue weighted by Gasteiger charge is 2.51. The third kappa shape index (κ3) is 3.32. The zero-order valence-corrected chi connectivity index (χ0v) is 15.8. The number of hydrogen-bond acceptors (Lipinski definition) is 3.